The van der Waals surface area contributed by atoms with E-state index in [0.717, 1.165) is 15.6 Å². The third-order valence-corrected chi connectivity index (χ3v) is 4.04. The molecular formula is C13H14F2N2S. The highest BCUT2D eigenvalue weighted by atomic mass is 32.1. The molecule has 1 unspecified atom stereocenters. The number of hydrogen-bond acceptors (Lipinski definition) is 3. The first-order valence-electron chi connectivity index (χ1n) is 5.60. The average Bonchev–Trinajstić information content (AvgIpc) is 2.71. The van der Waals surface area contributed by atoms with Crippen molar-refractivity contribution in [3.63, 3.8) is 0 Å². The molecule has 18 heavy (non-hydrogen) atoms. The van der Waals surface area contributed by atoms with Gasteiger partial charge in [0.1, 0.15) is 5.01 Å². The van der Waals surface area contributed by atoms with Crippen molar-refractivity contribution in [3.05, 3.63) is 40.4 Å². The number of halogens is 2. The summed E-state index contributed by atoms with van der Waals surface area (Å²) in [6, 6.07) is 6.22. The molecule has 0 aliphatic heterocycles. The Morgan fingerprint density at radius 3 is 2.61 bits per heavy atom. The van der Waals surface area contributed by atoms with Gasteiger partial charge < -0.3 is 5.73 Å². The van der Waals surface area contributed by atoms with Gasteiger partial charge in [-0.05, 0) is 19.9 Å². The molecule has 0 saturated heterocycles. The summed E-state index contributed by atoms with van der Waals surface area (Å²) in [6.45, 7) is 3.77. The Morgan fingerprint density at radius 1 is 1.33 bits per heavy atom. The number of rotatable bonds is 3. The Labute approximate surface area is 108 Å². The predicted molar refractivity (Wildman–Crippen MR) is 69.8 cm³/mol. The molecule has 1 heterocycles. The fourth-order valence-corrected chi connectivity index (χ4v) is 2.78. The SMILES string of the molecule is Cc1nc(-c2cccc(C(F)F)c2)sc1C(C)N. The van der Waals surface area contributed by atoms with Crippen LogP contribution in [0.3, 0.4) is 0 Å². The first-order chi connectivity index (χ1) is 8.49. The predicted octanol–water partition coefficient (Wildman–Crippen LogP) is 4.08. The van der Waals surface area contributed by atoms with Crippen molar-refractivity contribution in [2.45, 2.75) is 26.3 Å². The molecule has 0 aliphatic rings. The minimum absolute atomic E-state index is 0.0164. The van der Waals surface area contributed by atoms with Gasteiger partial charge >= 0.3 is 0 Å². The van der Waals surface area contributed by atoms with Crippen molar-refractivity contribution < 1.29 is 8.78 Å². The molecule has 1 atom stereocenters. The van der Waals surface area contributed by atoms with E-state index in [1.54, 1.807) is 12.1 Å². The minimum Gasteiger partial charge on any atom is -0.323 e. The van der Waals surface area contributed by atoms with Crippen molar-refractivity contribution in [1.29, 1.82) is 0 Å². The number of thiazole rings is 1. The standard InChI is InChI=1S/C13H14F2N2S/c1-7(16)11-8(2)17-13(18-11)10-5-3-4-9(6-10)12(14)15/h3-7,12H,16H2,1-2H3. The van der Waals surface area contributed by atoms with Gasteiger partial charge in [-0.25, -0.2) is 13.8 Å². The quantitative estimate of drug-likeness (QED) is 0.911. The number of hydrogen-bond donors (Lipinski definition) is 1. The molecule has 0 aliphatic carbocycles. The van der Waals surface area contributed by atoms with Crippen LogP contribution in [-0.4, -0.2) is 4.98 Å². The summed E-state index contributed by atoms with van der Waals surface area (Å²) in [7, 11) is 0. The summed E-state index contributed by atoms with van der Waals surface area (Å²) in [5.74, 6) is 0. The number of aromatic nitrogens is 1. The van der Waals surface area contributed by atoms with Crippen molar-refractivity contribution in [3.8, 4) is 10.6 Å². The molecule has 1 aromatic carbocycles. The van der Waals surface area contributed by atoms with E-state index in [2.05, 4.69) is 4.98 Å². The van der Waals surface area contributed by atoms with Crippen molar-refractivity contribution in [2.24, 2.45) is 5.73 Å². The summed E-state index contributed by atoms with van der Waals surface area (Å²) in [4.78, 5) is 5.39. The number of nitrogens with zero attached hydrogens (tertiary/aromatic N) is 1. The lowest BCUT2D eigenvalue weighted by Crippen LogP contribution is -2.03. The molecular weight excluding hydrogens is 254 g/mol. The Bertz CT molecular complexity index is 550. The third-order valence-electron chi connectivity index (χ3n) is 2.63. The van der Waals surface area contributed by atoms with Crippen LogP contribution in [0.4, 0.5) is 8.78 Å². The molecule has 1 aromatic heterocycles. The summed E-state index contributed by atoms with van der Waals surface area (Å²) in [5.41, 5.74) is 7.43. The van der Waals surface area contributed by atoms with E-state index in [9.17, 15) is 8.78 Å². The van der Waals surface area contributed by atoms with E-state index in [1.807, 2.05) is 13.8 Å². The molecule has 2 aromatic rings. The monoisotopic (exact) mass is 268 g/mol. The van der Waals surface area contributed by atoms with Crippen LogP contribution in [0, 0.1) is 6.92 Å². The molecule has 0 amide bonds. The Kier molecular flexibility index (Phi) is 3.73. The van der Waals surface area contributed by atoms with E-state index in [-0.39, 0.29) is 11.6 Å². The van der Waals surface area contributed by atoms with Gasteiger partial charge in [0.15, 0.2) is 0 Å². The molecule has 0 bridgehead atoms. The topological polar surface area (TPSA) is 38.9 Å². The van der Waals surface area contributed by atoms with Gasteiger partial charge in [0.05, 0.1) is 5.69 Å². The normalized spacial score (nSPS) is 13.0. The third kappa shape index (κ3) is 2.57. The van der Waals surface area contributed by atoms with Crippen LogP contribution < -0.4 is 5.73 Å². The van der Waals surface area contributed by atoms with Crippen LogP contribution in [0.5, 0.6) is 0 Å². The van der Waals surface area contributed by atoms with Crippen molar-refractivity contribution >= 4 is 11.3 Å². The fraction of sp³-hybridized carbons (Fsp3) is 0.308. The first kappa shape index (κ1) is 13.1. The van der Waals surface area contributed by atoms with Crippen LogP contribution in [0.25, 0.3) is 10.6 Å². The zero-order valence-electron chi connectivity index (χ0n) is 10.2. The van der Waals surface area contributed by atoms with E-state index in [4.69, 9.17) is 5.73 Å². The highest BCUT2D eigenvalue weighted by Gasteiger charge is 2.14. The van der Waals surface area contributed by atoms with E-state index in [0.29, 0.717) is 5.56 Å². The first-order valence-corrected chi connectivity index (χ1v) is 6.42. The van der Waals surface area contributed by atoms with E-state index < -0.39 is 6.43 Å². The molecule has 2 nitrogen and oxygen atoms in total. The molecule has 2 rings (SSSR count). The molecule has 0 saturated carbocycles. The van der Waals surface area contributed by atoms with Gasteiger partial charge in [0.25, 0.3) is 6.43 Å². The average molecular weight is 268 g/mol. The lowest BCUT2D eigenvalue weighted by Gasteiger charge is -2.02. The number of alkyl halides is 2. The molecule has 0 fully saturated rings. The Hall–Kier alpha value is -1.33. The smallest absolute Gasteiger partial charge is 0.263 e. The highest BCUT2D eigenvalue weighted by Crippen LogP contribution is 2.32. The molecule has 2 N–H and O–H groups in total. The van der Waals surface area contributed by atoms with Crippen LogP contribution in [0.2, 0.25) is 0 Å². The second-order valence-corrected chi connectivity index (χ2v) is 5.21. The summed E-state index contributed by atoms with van der Waals surface area (Å²) < 4.78 is 25.3. The highest BCUT2D eigenvalue weighted by molar-refractivity contribution is 7.15. The van der Waals surface area contributed by atoms with Gasteiger partial charge in [-0.3, -0.25) is 0 Å². The maximum absolute atomic E-state index is 12.6. The zero-order valence-corrected chi connectivity index (χ0v) is 11.0. The van der Waals surface area contributed by atoms with Gasteiger partial charge in [0, 0.05) is 22.0 Å². The lowest BCUT2D eigenvalue weighted by molar-refractivity contribution is 0.151. The summed E-state index contributed by atoms with van der Waals surface area (Å²) in [5, 5.41) is 0.738. The maximum Gasteiger partial charge on any atom is 0.263 e. The van der Waals surface area contributed by atoms with Crippen molar-refractivity contribution in [2.75, 3.05) is 0 Å². The van der Waals surface area contributed by atoms with Crippen LogP contribution in [-0.2, 0) is 0 Å². The van der Waals surface area contributed by atoms with Crippen LogP contribution in [0.1, 0.15) is 35.5 Å². The van der Waals surface area contributed by atoms with Crippen LogP contribution in [0.15, 0.2) is 24.3 Å². The minimum atomic E-state index is -2.46. The second kappa shape index (κ2) is 5.12. The lowest BCUT2D eigenvalue weighted by atomic mass is 10.1. The van der Waals surface area contributed by atoms with Gasteiger partial charge in [0.2, 0.25) is 0 Å². The largest absolute Gasteiger partial charge is 0.323 e. The van der Waals surface area contributed by atoms with Gasteiger partial charge in [-0.15, -0.1) is 11.3 Å². The second-order valence-electron chi connectivity index (χ2n) is 4.18. The summed E-state index contributed by atoms with van der Waals surface area (Å²) >= 11 is 1.46. The molecule has 0 radical (unpaired) electrons. The molecule has 96 valence electrons. The van der Waals surface area contributed by atoms with E-state index in [1.165, 1.54) is 23.5 Å². The number of nitrogens with two attached hydrogens (primary N) is 1. The zero-order chi connectivity index (χ0) is 13.3. The van der Waals surface area contributed by atoms with Crippen LogP contribution >= 0.6 is 11.3 Å². The van der Waals surface area contributed by atoms with Crippen molar-refractivity contribution in [1.82, 2.24) is 4.98 Å². The Balaban J connectivity index is 2.42. The molecule has 5 heteroatoms. The summed E-state index contributed by atoms with van der Waals surface area (Å²) in [6.07, 6.45) is -2.46. The number of benzene rings is 1. The maximum atomic E-state index is 12.6. The Morgan fingerprint density at radius 2 is 2.06 bits per heavy atom. The van der Waals surface area contributed by atoms with Gasteiger partial charge in [-0.2, -0.15) is 0 Å². The van der Waals surface area contributed by atoms with Gasteiger partial charge in [-0.1, -0.05) is 18.2 Å². The molecule has 0 spiro atoms. The van der Waals surface area contributed by atoms with E-state index >= 15 is 0 Å². The fourth-order valence-electron chi connectivity index (χ4n) is 1.76. The number of aryl methyl sites for hydroxylation is 1.